The number of hydrogen-bond donors (Lipinski definition) is 0. The molecule has 0 aliphatic carbocycles. The molecular weight excluding hydrogens is 389 g/mol. The van der Waals surface area contributed by atoms with Crippen molar-refractivity contribution in [3.63, 3.8) is 0 Å². The highest BCUT2D eigenvalue weighted by molar-refractivity contribution is 5.79. The van der Waals surface area contributed by atoms with Crippen LogP contribution in [0.1, 0.15) is 37.9 Å². The summed E-state index contributed by atoms with van der Waals surface area (Å²) in [7, 11) is 1.68. The van der Waals surface area contributed by atoms with Gasteiger partial charge in [-0.2, -0.15) is 4.98 Å². The summed E-state index contributed by atoms with van der Waals surface area (Å²) in [6.07, 6.45) is 3.87. The van der Waals surface area contributed by atoms with E-state index in [2.05, 4.69) is 10.1 Å². The SMILES string of the molecule is COCCC1(c2noc(-c3ccc(F)cc3)n2)CCN(C(=O)C2CCOCC2)CC1. The molecule has 162 valence electrons. The molecule has 0 saturated carbocycles. The molecule has 1 aromatic heterocycles. The van der Waals surface area contributed by atoms with Gasteiger partial charge < -0.3 is 18.9 Å². The zero-order valence-corrected chi connectivity index (χ0v) is 17.3. The summed E-state index contributed by atoms with van der Waals surface area (Å²) in [5, 5.41) is 4.27. The van der Waals surface area contributed by atoms with E-state index in [9.17, 15) is 9.18 Å². The van der Waals surface area contributed by atoms with Crippen LogP contribution in [0, 0.1) is 11.7 Å². The van der Waals surface area contributed by atoms with Crippen LogP contribution in [-0.4, -0.2) is 61.0 Å². The third-order valence-corrected chi connectivity index (χ3v) is 6.38. The molecule has 0 spiro atoms. The van der Waals surface area contributed by atoms with Crippen LogP contribution in [-0.2, 0) is 19.7 Å². The van der Waals surface area contributed by atoms with Gasteiger partial charge in [-0.25, -0.2) is 4.39 Å². The van der Waals surface area contributed by atoms with E-state index in [0.29, 0.717) is 50.2 Å². The summed E-state index contributed by atoms with van der Waals surface area (Å²) in [6.45, 7) is 3.24. The normalized spacial score (nSPS) is 19.7. The molecule has 3 heterocycles. The number of rotatable bonds is 6. The summed E-state index contributed by atoms with van der Waals surface area (Å²) in [5.41, 5.74) is 0.383. The smallest absolute Gasteiger partial charge is 0.257 e. The molecule has 0 radical (unpaired) electrons. The lowest BCUT2D eigenvalue weighted by molar-refractivity contribution is -0.140. The van der Waals surface area contributed by atoms with Gasteiger partial charge in [-0.05, 0) is 56.4 Å². The molecule has 0 unspecified atom stereocenters. The number of likely N-dealkylation sites (tertiary alicyclic amines) is 1. The average molecular weight is 417 g/mol. The minimum atomic E-state index is -0.309. The Labute approximate surface area is 175 Å². The van der Waals surface area contributed by atoms with E-state index in [1.54, 1.807) is 19.2 Å². The number of carbonyl (C=O) groups is 1. The van der Waals surface area contributed by atoms with Gasteiger partial charge in [0.2, 0.25) is 5.91 Å². The Hall–Kier alpha value is -2.32. The molecule has 0 N–H and O–H groups in total. The lowest BCUT2D eigenvalue weighted by Gasteiger charge is -2.41. The van der Waals surface area contributed by atoms with Crippen LogP contribution in [0.3, 0.4) is 0 Å². The van der Waals surface area contributed by atoms with Crippen molar-refractivity contribution in [2.75, 3.05) is 40.0 Å². The molecule has 2 fully saturated rings. The van der Waals surface area contributed by atoms with E-state index < -0.39 is 0 Å². The Morgan fingerprint density at radius 2 is 1.93 bits per heavy atom. The Balaban J connectivity index is 1.49. The summed E-state index contributed by atoms with van der Waals surface area (Å²) >= 11 is 0. The molecule has 1 aromatic carbocycles. The second kappa shape index (κ2) is 9.22. The summed E-state index contributed by atoms with van der Waals surface area (Å²) in [5.74, 6) is 1.01. The van der Waals surface area contributed by atoms with Crippen LogP contribution >= 0.6 is 0 Å². The molecule has 2 saturated heterocycles. The van der Waals surface area contributed by atoms with E-state index >= 15 is 0 Å². The second-order valence-corrected chi connectivity index (χ2v) is 8.17. The maximum absolute atomic E-state index is 13.2. The molecule has 2 aliphatic rings. The third-order valence-electron chi connectivity index (χ3n) is 6.38. The number of hydrogen-bond acceptors (Lipinski definition) is 6. The van der Waals surface area contributed by atoms with Crippen LogP contribution in [0.4, 0.5) is 4.39 Å². The highest BCUT2D eigenvalue weighted by Gasteiger charge is 2.42. The van der Waals surface area contributed by atoms with E-state index in [4.69, 9.17) is 14.0 Å². The average Bonchev–Trinajstić information content (AvgIpc) is 3.30. The van der Waals surface area contributed by atoms with Gasteiger partial charge in [0.25, 0.3) is 5.89 Å². The van der Waals surface area contributed by atoms with Gasteiger partial charge in [0, 0.05) is 56.9 Å². The molecule has 0 bridgehead atoms. The monoisotopic (exact) mass is 417 g/mol. The van der Waals surface area contributed by atoms with Crippen molar-refractivity contribution in [3.8, 4) is 11.5 Å². The number of amides is 1. The Morgan fingerprint density at radius 3 is 2.60 bits per heavy atom. The number of methoxy groups -OCH3 is 1. The minimum Gasteiger partial charge on any atom is -0.385 e. The van der Waals surface area contributed by atoms with Crippen molar-refractivity contribution in [2.24, 2.45) is 5.92 Å². The van der Waals surface area contributed by atoms with Crippen molar-refractivity contribution in [1.29, 1.82) is 0 Å². The van der Waals surface area contributed by atoms with Crippen LogP contribution in [0.5, 0.6) is 0 Å². The van der Waals surface area contributed by atoms with Crippen molar-refractivity contribution in [1.82, 2.24) is 15.0 Å². The molecule has 8 heteroatoms. The van der Waals surface area contributed by atoms with Gasteiger partial charge in [0.15, 0.2) is 5.82 Å². The number of carbonyl (C=O) groups excluding carboxylic acids is 1. The molecule has 2 aliphatic heterocycles. The zero-order chi connectivity index (χ0) is 21.0. The first-order valence-electron chi connectivity index (χ1n) is 10.6. The van der Waals surface area contributed by atoms with Gasteiger partial charge in [-0.3, -0.25) is 4.79 Å². The number of nitrogens with zero attached hydrogens (tertiary/aromatic N) is 3. The lowest BCUT2D eigenvalue weighted by Crippen LogP contribution is -2.48. The first-order valence-corrected chi connectivity index (χ1v) is 10.6. The molecule has 30 heavy (non-hydrogen) atoms. The topological polar surface area (TPSA) is 77.7 Å². The number of benzene rings is 1. The van der Waals surface area contributed by atoms with Gasteiger partial charge >= 0.3 is 0 Å². The molecule has 2 aromatic rings. The third kappa shape index (κ3) is 4.39. The summed E-state index contributed by atoms with van der Waals surface area (Å²) in [4.78, 5) is 19.5. The molecule has 0 atom stereocenters. The quantitative estimate of drug-likeness (QED) is 0.718. The number of halogens is 1. The van der Waals surface area contributed by atoms with Gasteiger partial charge in [0.05, 0.1) is 0 Å². The Kier molecular flexibility index (Phi) is 6.43. The van der Waals surface area contributed by atoms with Crippen molar-refractivity contribution < 1.29 is 23.2 Å². The van der Waals surface area contributed by atoms with Crippen LogP contribution in [0.2, 0.25) is 0 Å². The first-order chi connectivity index (χ1) is 14.6. The van der Waals surface area contributed by atoms with Crippen LogP contribution in [0.25, 0.3) is 11.5 Å². The fourth-order valence-electron chi connectivity index (χ4n) is 4.39. The summed E-state index contributed by atoms with van der Waals surface area (Å²) < 4.78 is 29.4. The fourth-order valence-corrected chi connectivity index (χ4v) is 4.39. The van der Waals surface area contributed by atoms with E-state index in [-0.39, 0.29) is 23.1 Å². The van der Waals surface area contributed by atoms with Crippen LogP contribution in [0.15, 0.2) is 28.8 Å². The second-order valence-electron chi connectivity index (χ2n) is 8.17. The molecule has 7 nitrogen and oxygen atoms in total. The summed E-state index contributed by atoms with van der Waals surface area (Å²) in [6, 6.07) is 6.01. The van der Waals surface area contributed by atoms with Gasteiger partial charge in [-0.15, -0.1) is 0 Å². The maximum atomic E-state index is 13.2. The Bertz CT molecular complexity index is 840. The van der Waals surface area contributed by atoms with Gasteiger partial charge in [0.1, 0.15) is 5.82 Å². The Morgan fingerprint density at radius 1 is 1.23 bits per heavy atom. The van der Waals surface area contributed by atoms with Crippen molar-refractivity contribution >= 4 is 5.91 Å². The minimum absolute atomic E-state index is 0.0699. The number of piperidine rings is 1. The predicted octanol–water partition coefficient (Wildman–Crippen LogP) is 3.20. The predicted molar refractivity (Wildman–Crippen MR) is 107 cm³/mol. The number of aromatic nitrogens is 2. The van der Waals surface area contributed by atoms with E-state index in [1.165, 1.54) is 12.1 Å². The lowest BCUT2D eigenvalue weighted by atomic mass is 9.75. The number of ether oxygens (including phenoxy) is 2. The van der Waals surface area contributed by atoms with Crippen molar-refractivity contribution in [3.05, 3.63) is 35.9 Å². The van der Waals surface area contributed by atoms with Crippen molar-refractivity contribution in [2.45, 2.75) is 37.5 Å². The van der Waals surface area contributed by atoms with E-state index in [0.717, 1.165) is 32.1 Å². The largest absolute Gasteiger partial charge is 0.385 e. The van der Waals surface area contributed by atoms with Crippen LogP contribution < -0.4 is 0 Å². The standard InChI is InChI=1S/C22H28FN3O4/c1-28-15-10-22(21-24-19(30-25-21)16-2-4-18(23)5-3-16)8-11-26(12-9-22)20(27)17-6-13-29-14-7-17/h2-5,17H,6-15H2,1H3. The zero-order valence-electron chi connectivity index (χ0n) is 17.3. The highest BCUT2D eigenvalue weighted by atomic mass is 19.1. The molecular formula is C22H28FN3O4. The first kappa shape index (κ1) is 20.9. The molecule has 1 amide bonds. The molecule has 4 rings (SSSR count). The maximum Gasteiger partial charge on any atom is 0.257 e. The fraction of sp³-hybridized carbons (Fsp3) is 0.591. The van der Waals surface area contributed by atoms with E-state index in [1.807, 2.05) is 4.90 Å². The van der Waals surface area contributed by atoms with Gasteiger partial charge in [-0.1, -0.05) is 5.16 Å². The highest BCUT2D eigenvalue weighted by Crippen LogP contribution is 2.38.